The van der Waals surface area contributed by atoms with Crippen molar-refractivity contribution in [3.8, 4) is 11.5 Å². The Morgan fingerprint density at radius 3 is 2.73 bits per heavy atom. The van der Waals surface area contributed by atoms with Crippen molar-refractivity contribution >= 4 is 17.5 Å². The molecule has 1 amide bonds. The molecule has 0 saturated heterocycles. The van der Waals surface area contributed by atoms with Crippen LogP contribution in [0, 0.1) is 17.7 Å². The van der Waals surface area contributed by atoms with Crippen molar-refractivity contribution in [3.63, 3.8) is 0 Å². The van der Waals surface area contributed by atoms with E-state index in [1.165, 1.54) is 19.2 Å². The Morgan fingerprint density at radius 1 is 1.31 bits per heavy atom. The number of halogens is 2. The summed E-state index contributed by atoms with van der Waals surface area (Å²) in [6, 6.07) is 9.69. The van der Waals surface area contributed by atoms with Gasteiger partial charge in [-0.3, -0.25) is 4.79 Å². The molecule has 0 radical (unpaired) electrons. The monoisotopic (exact) mass is 377 g/mol. The molecule has 0 aliphatic heterocycles. The standard InChI is InChI=1S/C20H21ClFNO3/c1-12-8-14(12)11-26-18-5-3-4-15(21)19(18)20(24)23-10-13-6-7-17(25-2)16(22)9-13/h3-7,9,12,14H,8,10-11H2,1-2H3,(H,23,24). The lowest BCUT2D eigenvalue weighted by molar-refractivity contribution is 0.0946. The van der Waals surface area contributed by atoms with Gasteiger partial charge >= 0.3 is 0 Å². The summed E-state index contributed by atoms with van der Waals surface area (Å²) in [4.78, 5) is 12.6. The van der Waals surface area contributed by atoms with Crippen molar-refractivity contribution in [1.29, 1.82) is 0 Å². The second kappa shape index (κ2) is 7.96. The van der Waals surface area contributed by atoms with Gasteiger partial charge in [-0.1, -0.05) is 30.7 Å². The molecule has 1 N–H and O–H groups in total. The molecule has 3 rings (SSSR count). The number of carbonyl (C=O) groups excluding carboxylic acids is 1. The molecule has 2 aromatic rings. The predicted octanol–water partition coefficient (Wildman–Crippen LogP) is 4.45. The molecule has 0 bridgehead atoms. The molecule has 0 aromatic heterocycles. The molecule has 0 heterocycles. The van der Waals surface area contributed by atoms with E-state index in [2.05, 4.69) is 12.2 Å². The highest BCUT2D eigenvalue weighted by atomic mass is 35.5. The first-order chi connectivity index (χ1) is 12.5. The number of rotatable bonds is 7. The van der Waals surface area contributed by atoms with E-state index >= 15 is 0 Å². The van der Waals surface area contributed by atoms with Crippen LogP contribution in [0.4, 0.5) is 4.39 Å². The van der Waals surface area contributed by atoms with Crippen molar-refractivity contribution in [1.82, 2.24) is 5.32 Å². The van der Waals surface area contributed by atoms with E-state index in [1.807, 2.05) is 0 Å². The Kier molecular flexibility index (Phi) is 5.67. The van der Waals surface area contributed by atoms with Crippen molar-refractivity contribution in [2.45, 2.75) is 19.9 Å². The van der Waals surface area contributed by atoms with Crippen molar-refractivity contribution < 1.29 is 18.7 Å². The van der Waals surface area contributed by atoms with Crippen LogP contribution in [-0.2, 0) is 6.54 Å². The van der Waals surface area contributed by atoms with Gasteiger partial charge in [-0.15, -0.1) is 0 Å². The second-order valence-corrected chi connectivity index (χ2v) is 6.96. The van der Waals surface area contributed by atoms with Gasteiger partial charge in [-0.25, -0.2) is 4.39 Å². The van der Waals surface area contributed by atoms with Crippen LogP contribution in [0.5, 0.6) is 11.5 Å². The van der Waals surface area contributed by atoms with Crippen LogP contribution < -0.4 is 14.8 Å². The predicted molar refractivity (Wildman–Crippen MR) is 98.3 cm³/mol. The highest BCUT2D eigenvalue weighted by molar-refractivity contribution is 6.34. The van der Waals surface area contributed by atoms with Crippen LogP contribution in [0.3, 0.4) is 0 Å². The number of hydrogen-bond donors (Lipinski definition) is 1. The van der Waals surface area contributed by atoms with Crippen molar-refractivity contribution in [2.24, 2.45) is 11.8 Å². The van der Waals surface area contributed by atoms with Crippen LogP contribution >= 0.6 is 11.6 Å². The number of ether oxygens (including phenoxy) is 2. The van der Waals surface area contributed by atoms with Crippen LogP contribution in [-0.4, -0.2) is 19.6 Å². The Balaban J connectivity index is 1.68. The van der Waals surface area contributed by atoms with E-state index in [0.29, 0.717) is 40.3 Å². The molecule has 1 fully saturated rings. The van der Waals surface area contributed by atoms with E-state index in [4.69, 9.17) is 21.1 Å². The summed E-state index contributed by atoms with van der Waals surface area (Å²) in [5, 5.41) is 3.09. The third kappa shape index (κ3) is 4.28. The van der Waals surface area contributed by atoms with Gasteiger partial charge in [0.15, 0.2) is 11.6 Å². The molecule has 2 aromatic carbocycles. The average molecular weight is 378 g/mol. The van der Waals surface area contributed by atoms with Crippen LogP contribution in [0.2, 0.25) is 5.02 Å². The minimum atomic E-state index is -0.473. The van der Waals surface area contributed by atoms with E-state index in [1.54, 1.807) is 24.3 Å². The lowest BCUT2D eigenvalue weighted by Gasteiger charge is -2.13. The second-order valence-electron chi connectivity index (χ2n) is 6.55. The van der Waals surface area contributed by atoms with Gasteiger partial charge in [-0.2, -0.15) is 0 Å². The zero-order chi connectivity index (χ0) is 18.7. The summed E-state index contributed by atoms with van der Waals surface area (Å²) >= 11 is 6.21. The van der Waals surface area contributed by atoms with Crippen molar-refractivity contribution in [2.75, 3.05) is 13.7 Å². The topological polar surface area (TPSA) is 47.6 Å². The molecular formula is C20H21ClFNO3. The van der Waals surface area contributed by atoms with Crippen LogP contribution in [0.1, 0.15) is 29.3 Å². The van der Waals surface area contributed by atoms with Gasteiger partial charge in [0.05, 0.1) is 24.3 Å². The molecule has 2 atom stereocenters. The number of hydrogen-bond acceptors (Lipinski definition) is 3. The average Bonchev–Trinajstić information content (AvgIpc) is 3.33. The fourth-order valence-corrected chi connectivity index (χ4v) is 3.02. The summed E-state index contributed by atoms with van der Waals surface area (Å²) in [7, 11) is 1.40. The maximum Gasteiger partial charge on any atom is 0.256 e. The fourth-order valence-electron chi connectivity index (χ4n) is 2.76. The molecule has 1 aliphatic carbocycles. The van der Waals surface area contributed by atoms with Gasteiger partial charge in [-0.05, 0) is 48.1 Å². The minimum Gasteiger partial charge on any atom is -0.494 e. The fraction of sp³-hybridized carbons (Fsp3) is 0.350. The number of carbonyl (C=O) groups is 1. The van der Waals surface area contributed by atoms with Crippen LogP contribution in [0.25, 0.3) is 0 Å². The first-order valence-electron chi connectivity index (χ1n) is 8.51. The maximum absolute atomic E-state index is 13.8. The first-order valence-corrected chi connectivity index (χ1v) is 8.89. The maximum atomic E-state index is 13.8. The number of methoxy groups -OCH3 is 1. The number of benzene rings is 2. The normalized spacial score (nSPS) is 18.3. The van der Waals surface area contributed by atoms with Crippen molar-refractivity contribution in [3.05, 3.63) is 58.4 Å². The highest BCUT2D eigenvalue weighted by Gasteiger charge is 2.33. The zero-order valence-corrected chi connectivity index (χ0v) is 15.5. The molecular weight excluding hydrogens is 357 g/mol. The summed E-state index contributed by atoms with van der Waals surface area (Å²) in [5.41, 5.74) is 0.925. The van der Waals surface area contributed by atoms with E-state index < -0.39 is 5.82 Å². The largest absolute Gasteiger partial charge is 0.494 e. The van der Waals surface area contributed by atoms with Crippen LogP contribution in [0.15, 0.2) is 36.4 Å². The first kappa shape index (κ1) is 18.5. The molecule has 6 heteroatoms. The van der Waals surface area contributed by atoms with Gasteiger partial charge in [0.25, 0.3) is 5.91 Å². The SMILES string of the molecule is COc1ccc(CNC(=O)c2c(Cl)cccc2OCC2CC2C)cc1F. The lowest BCUT2D eigenvalue weighted by atomic mass is 10.1. The molecule has 1 saturated carbocycles. The zero-order valence-electron chi connectivity index (χ0n) is 14.7. The summed E-state index contributed by atoms with van der Waals surface area (Å²) < 4.78 is 24.5. The molecule has 2 unspecified atom stereocenters. The van der Waals surface area contributed by atoms with Gasteiger partial charge in [0.2, 0.25) is 0 Å². The van der Waals surface area contributed by atoms with Gasteiger partial charge < -0.3 is 14.8 Å². The summed E-state index contributed by atoms with van der Waals surface area (Å²) in [6.45, 7) is 2.92. The van der Waals surface area contributed by atoms with E-state index in [9.17, 15) is 9.18 Å². The lowest BCUT2D eigenvalue weighted by Crippen LogP contribution is -2.24. The van der Waals surface area contributed by atoms with E-state index in [0.717, 1.165) is 6.42 Å². The third-order valence-electron chi connectivity index (χ3n) is 4.60. The highest BCUT2D eigenvalue weighted by Crippen LogP contribution is 2.38. The molecule has 138 valence electrons. The third-order valence-corrected chi connectivity index (χ3v) is 4.92. The Morgan fingerprint density at radius 2 is 2.08 bits per heavy atom. The number of nitrogens with one attached hydrogen (secondary N) is 1. The number of amides is 1. The Hall–Kier alpha value is -2.27. The summed E-state index contributed by atoms with van der Waals surface area (Å²) in [6.07, 6.45) is 1.14. The molecule has 0 spiro atoms. The molecule has 4 nitrogen and oxygen atoms in total. The Bertz CT molecular complexity index is 812. The molecule has 1 aliphatic rings. The van der Waals surface area contributed by atoms with E-state index in [-0.39, 0.29) is 18.2 Å². The molecule has 26 heavy (non-hydrogen) atoms. The van der Waals surface area contributed by atoms with Gasteiger partial charge in [0.1, 0.15) is 5.75 Å². The minimum absolute atomic E-state index is 0.163. The summed E-state index contributed by atoms with van der Waals surface area (Å²) in [5.74, 6) is 1.00. The van der Waals surface area contributed by atoms with Gasteiger partial charge in [0, 0.05) is 6.54 Å². The smallest absolute Gasteiger partial charge is 0.256 e. The Labute approximate surface area is 157 Å². The quantitative estimate of drug-likeness (QED) is 0.775.